The van der Waals surface area contributed by atoms with E-state index in [0.717, 1.165) is 32.4 Å². The number of nitrogens with zero attached hydrogens (tertiary/aromatic N) is 3. The smallest absolute Gasteiger partial charge is 0.271 e. The largest absolute Gasteiger partial charge is 0.381 e. The molecule has 1 aromatic heterocycles. The number of carbonyl (C=O) groups is 1. The Balaban J connectivity index is 1.93. The van der Waals surface area contributed by atoms with Crippen LogP contribution >= 0.6 is 35.0 Å². The van der Waals surface area contributed by atoms with E-state index in [0.29, 0.717) is 31.2 Å². The molecule has 3 rings (SSSR count). The molecule has 150 valence electrons. The fourth-order valence-corrected chi connectivity index (χ4v) is 4.48. The minimum absolute atomic E-state index is 0.120. The SMILES string of the molecule is CCC1(C)CCN(c2nc(N)c(Sc3cccc(Cl)c3Cl)nc2C(N)=O)CC1. The fourth-order valence-electron chi connectivity index (χ4n) is 3.16. The highest BCUT2D eigenvalue weighted by molar-refractivity contribution is 7.99. The lowest BCUT2D eigenvalue weighted by atomic mass is 9.78. The van der Waals surface area contributed by atoms with Crippen LogP contribution in [0.3, 0.4) is 0 Å². The molecule has 0 atom stereocenters. The maximum absolute atomic E-state index is 12.1. The van der Waals surface area contributed by atoms with Gasteiger partial charge in [-0.25, -0.2) is 9.97 Å². The van der Waals surface area contributed by atoms with Crippen LogP contribution in [0, 0.1) is 5.41 Å². The number of benzene rings is 1. The van der Waals surface area contributed by atoms with E-state index in [2.05, 4.69) is 23.8 Å². The monoisotopic (exact) mass is 439 g/mol. The van der Waals surface area contributed by atoms with E-state index in [4.69, 9.17) is 34.7 Å². The van der Waals surface area contributed by atoms with Crippen molar-refractivity contribution in [2.24, 2.45) is 11.1 Å². The maximum atomic E-state index is 12.1. The molecule has 1 aliphatic rings. The Morgan fingerprint density at radius 3 is 2.57 bits per heavy atom. The standard InChI is InChI=1S/C19H23Cl2N5OS/c1-3-19(2)7-9-26(10-8-19)17-14(16(23)27)24-18(15(22)25-17)28-12-6-4-5-11(20)13(12)21/h4-6H,3,7-10H2,1-2H3,(H2,22,25)(H2,23,27). The van der Waals surface area contributed by atoms with Gasteiger partial charge in [0.25, 0.3) is 5.91 Å². The van der Waals surface area contributed by atoms with Crippen LogP contribution in [0.15, 0.2) is 28.1 Å². The molecule has 1 saturated heterocycles. The Morgan fingerprint density at radius 2 is 1.96 bits per heavy atom. The molecule has 0 unspecified atom stereocenters. The van der Waals surface area contributed by atoms with E-state index >= 15 is 0 Å². The van der Waals surface area contributed by atoms with Crippen molar-refractivity contribution in [2.75, 3.05) is 23.7 Å². The topological polar surface area (TPSA) is 98.1 Å². The lowest BCUT2D eigenvalue weighted by Gasteiger charge is -2.39. The normalized spacial score (nSPS) is 16.2. The van der Waals surface area contributed by atoms with Crippen LogP contribution in [-0.4, -0.2) is 29.0 Å². The second kappa shape index (κ2) is 8.35. The number of aromatic nitrogens is 2. The molecule has 4 N–H and O–H groups in total. The van der Waals surface area contributed by atoms with Crippen LogP contribution in [-0.2, 0) is 0 Å². The first kappa shape index (κ1) is 21.0. The van der Waals surface area contributed by atoms with Gasteiger partial charge in [-0.05, 0) is 30.4 Å². The third-order valence-corrected chi connectivity index (χ3v) is 7.34. The average Bonchev–Trinajstić information content (AvgIpc) is 2.67. The van der Waals surface area contributed by atoms with Gasteiger partial charge in [0.05, 0.1) is 10.0 Å². The van der Waals surface area contributed by atoms with E-state index < -0.39 is 5.91 Å². The highest BCUT2D eigenvalue weighted by Gasteiger charge is 2.31. The molecular weight excluding hydrogens is 417 g/mol. The molecular formula is C19H23Cl2N5OS. The van der Waals surface area contributed by atoms with Gasteiger partial charge in [-0.2, -0.15) is 0 Å². The van der Waals surface area contributed by atoms with Gasteiger partial charge in [0, 0.05) is 18.0 Å². The summed E-state index contributed by atoms with van der Waals surface area (Å²) in [5.41, 5.74) is 12.2. The second-order valence-corrected chi connectivity index (χ2v) is 9.07. The van der Waals surface area contributed by atoms with Crippen LogP contribution in [0.2, 0.25) is 10.0 Å². The maximum Gasteiger partial charge on any atom is 0.271 e. The molecule has 0 saturated carbocycles. The van der Waals surface area contributed by atoms with Gasteiger partial charge in [0.2, 0.25) is 0 Å². The van der Waals surface area contributed by atoms with Crippen molar-refractivity contribution in [1.82, 2.24) is 9.97 Å². The summed E-state index contributed by atoms with van der Waals surface area (Å²) in [6.07, 6.45) is 3.14. The van der Waals surface area contributed by atoms with Gasteiger partial charge in [0.1, 0.15) is 5.03 Å². The first-order valence-corrected chi connectivity index (χ1v) is 10.7. The summed E-state index contributed by atoms with van der Waals surface area (Å²) in [6.45, 7) is 6.06. The lowest BCUT2D eigenvalue weighted by molar-refractivity contribution is 0.0995. The van der Waals surface area contributed by atoms with Gasteiger partial charge in [-0.15, -0.1) is 0 Å². The van der Waals surface area contributed by atoms with Gasteiger partial charge in [-0.3, -0.25) is 4.79 Å². The van der Waals surface area contributed by atoms with E-state index in [1.54, 1.807) is 18.2 Å². The van der Waals surface area contributed by atoms with Crippen LogP contribution in [0.4, 0.5) is 11.6 Å². The zero-order valence-electron chi connectivity index (χ0n) is 15.8. The summed E-state index contributed by atoms with van der Waals surface area (Å²) < 4.78 is 0. The van der Waals surface area contributed by atoms with Crippen molar-refractivity contribution in [3.63, 3.8) is 0 Å². The summed E-state index contributed by atoms with van der Waals surface area (Å²) >= 11 is 13.5. The number of piperidine rings is 1. The van der Waals surface area contributed by atoms with Gasteiger partial charge >= 0.3 is 0 Å². The van der Waals surface area contributed by atoms with E-state index in [1.807, 2.05) is 4.90 Å². The zero-order chi connectivity index (χ0) is 20.5. The minimum atomic E-state index is -0.634. The number of primary amides is 1. The Bertz CT molecular complexity index is 900. The molecule has 6 nitrogen and oxygen atoms in total. The van der Waals surface area contributed by atoms with Crippen LogP contribution < -0.4 is 16.4 Å². The highest BCUT2D eigenvalue weighted by atomic mass is 35.5. The minimum Gasteiger partial charge on any atom is -0.381 e. The quantitative estimate of drug-likeness (QED) is 0.703. The van der Waals surface area contributed by atoms with Crippen molar-refractivity contribution in [3.8, 4) is 0 Å². The third-order valence-electron chi connectivity index (χ3n) is 5.35. The fraction of sp³-hybridized carbons (Fsp3) is 0.421. The number of anilines is 2. The summed E-state index contributed by atoms with van der Waals surface area (Å²) in [5, 5.41) is 1.20. The average molecular weight is 440 g/mol. The summed E-state index contributed by atoms with van der Waals surface area (Å²) in [4.78, 5) is 23.7. The van der Waals surface area contributed by atoms with Crippen molar-refractivity contribution in [2.45, 2.75) is 43.0 Å². The van der Waals surface area contributed by atoms with Crippen molar-refractivity contribution >= 4 is 52.5 Å². The summed E-state index contributed by atoms with van der Waals surface area (Å²) in [7, 11) is 0. The molecule has 1 amide bonds. The molecule has 0 bridgehead atoms. The Labute approximate surface area is 179 Å². The number of amides is 1. The number of hydrogen-bond donors (Lipinski definition) is 2. The number of hydrogen-bond acceptors (Lipinski definition) is 6. The first-order valence-electron chi connectivity index (χ1n) is 9.08. The van der Waals surface area contributed by atoms with E-state index in [1.165, 1.54) is 11.8 Å². The van der Waals surface area contributed by atoms with Crippen LogP contribution in [0.25, 0.3) is 0 Å². The summed E-state index contributed by atoms with van der Waals surface area (Å²) in [6, 6.07) is 5.28. The molecule has 2 aromatic rings. The molecule has 1 aromatic carbocycles. The Kier molecular flexibility index (Phi) is 6.27. The van der Waals surface area contributed by atoms with Gasteiger partial charge in [-0.1, -0.05) is 61.3 Å². The molecule has 9 heteroatoms. The summed E-state index contributed by atoms with van der Waals surface area (Å²) in [5.74, 6) is 0.0416. The number of halogens is 2. The zero-order valence-corrected chi connectivity index (χ0v) is 18.2. The second-order valence-electron chi connectivity index (χ2n) is 7.26. The molecule has 2 heterocycles. The predicted octanol–water partition coefficient (Wildman–Crippen LogP) is 4.63. The Hall–Kier alpha value is -1.70. The molecule has 1 fully saturated rings. The number of nitrogens with two attached hydrogens (primary N) is 2. The highest BCUT2D eigenvalue weighted by Crippen LogP contribution is 2.40. The number of rotatable bonds is 5. The van der Waals surface area contributed by atoms with Crippen LogP contribution in [0.5, 0.6) is 0 Å². The first-order chi connectivity index (χ1) is 13.2. The number of carbonyl (C=O) groups excluding carboxylic acids is 1. The Morgan fingerprint density at radius 1 is 1.29 bits per heavy atom. The van der Waals surface area contributed by atoms with Crippen molar-refractivity contribution < 1.29 is 4.79 Å². The van der Waals surface area contributed by atoms with Crippen molar-refractivity contribution in [3.05, 3.63) is 33.9 Å². The third kappa shape index (κ3) is 4.31. The van der Waals surface area contributed by atoms with Gasteiger partial charge < -0.3 is 16.4 Å². The number of nitrogen functional groups attached to an aromatic ring is 1. The molecule has 0 aliphatic carbocycles. The van der Waals surface area contributed by atoms with Gasteiger partial charge in [0.15, 0.2) is 17.3 Å². The van der Waals surface area contributed by atoms with Crippen molar-refractivity contribution in [1.29, 1.82) is 0 Å². The molecule has 1 aliphatic heterocycles. The molecule has 0 spiro atoms. The molecule has 0 radical (unpaired) electrons. The lowest BCUT2D eigenvalue weighted by Crippen LogP contribution is -2.40. The van der Waals surface area contributed by atoms with E-state index in [-0.39, 0.29) is 11.5 Å². The van der Waals surface area contributed by atoms with Crippen LogP contribution in [0.1, 0.15) is 43.6 Å². The van der Waals surface area contributed by atoms with E-state index in [9.17, 15) is 4.79 Å². The predicted molar refractivity (Wildman–Crippen MR) is 115 cm³/mol. The molecule has 28 heavy (non-hydrogen) atoms.